The van der Waals surface area contributed by atoms with E-state index in [4.69, 9.17) is 9.47 Å². The smallest absolute Gasteiger partial charge is 0.238 e. The highest BCUT2D eigenvalue weighted by atomic mass is 32.2. The summed E-state index contributed by atoms with van der Waals surface area (Å²) in [6.45, 7) is 3.78. The van der Waals surface area contributed by atoms with E-state index in [2.05, 4.69) is 10.4 Å². The van der Waals surface area contributed by atoms with Crippen molar-refractivity contribution in [3.63, 3.8) is 0 Å². The Morgan fingerprint density at radius 3 is 2.53 bits per heavy atom. The second-order valence-corrected chi connectivity index (χ2v) is 8.42. The lowest BCUT2D eigenvalue weighted by Gasteiger charge is -2.21. The fourth-order valence-electron chi connectivity index (χ4n) is 3.64. The van der Waals surface area contributed by atoms with E-state index >= 15 is 0 Å². The van der Waals surface area contributed by atoms with E-state index in [0.29, 0.717) is 23.0 Å². The fraction of sp³-hybridized carbons (Fsp3) is 0.273. The number of methoxy groups -OCH3 is 2. The van der Waals surface area contributed by atoms with Gasteiger partial charge in [0.2, 0.25) is 5.91 Å². The van der Waals surface area contributed by atoms with Crippen LogP contribution in [0.3, 0.4) is 0 Å². The summed E-state index contributed by atoms with van der Waals surface area (Å²) in [5.41, 5.74) is 3.21. The van der Waals surface area contributed by atoms with Gasteiger partial charge in [0.25, 0.3) is 0 Å². The summed E-state index contributed by atoms with van der Waals surface area (Å²) < 4.78 is 26.2. The molecule has 1 aromatic heterocycles. The minimum atomic E-state index is -0.332. The molecular weight excluding hydrogens is 405 g/mol. The first-order valence-electron chi connectivity index (χ1n) is 9.47. The number of amides is 1. The summed E-state index contributed by atoms with van der Waals surface area (Å²) in [7, 11) is 3.20. The van der Waals surface area contributed by atoms with Crippen LogP contribution in [0, 0.1) is 12.7 Å². The maximum absolute atomic E-state index is 13.4. The van der Waals surface area contributed by atoms with Crippen LogP contribution in [-0.4, -0.2) is 35.2 Å². The molecule has 3 aromatic rings. The Balaban J connectivity index is 1.94. The molecule has 1 amide bonds. The van der Waals surface area contributed by atoms with Gasteiger partial charge in [-0.25, -0.2) is 9.07 Å². The summed E-state index contributed by atoms with van der Waals surface area (Å²) >= 11 is 1.52. The number of nitrogens with zero attached hydrogens (tertiary/aromatic N) is 2. The maximum atomic E-state index is 13.4. The second kappa shape index (κ2) is 8.02. The van der Waals surface area contributed by atoms with Gasteiger partial charge < -0.3 is 14.8 Å². The van der Waals surface area contributed by atoms with Crippen LogP contribution in [0.5, 0.6) is 11.5 Å². The topological polar surface area (TPSA) is 65.4 Å². The van der Waals surface area contributed by atoms with Gasteiger partial charge in [0.05, 0.1) is 36.1 Å². The zero-order valence-electron chi connectivity index (χ0n) is 17.1. The fourth-order valence-corrected chi connectivity index (χ4v) is 4.98. The Labute approximate surface area is 178 Å². The average Bonchev–Trinajstić information content (AvgIpc) is 2.99. The van der Waals surface area contributed by atoms with Crippen molar-refractivity contribution in [3.8, 4) is 17.2 Å². The van der Waals surface area contributed by atoms with Crippen molar-refractivity contribution in [1.29, 1.82) is 0 Å². The molecule has 2 heterocycles. The number of halogens is 1. The number of aromatic nitrogens is 2. The first kappa shape index (κ1) is 20.3. The quantitative estimate of drug-likeness (QED) is 0.664. The molecule has 0 spiro atoms. The van der Waals surface area contributed by atoms with Gasteiger partial charge in [0, 0.05) is 11.1 Å². The summed E-state index contributed by atoms with van der Waals surface area (Å²) in [6, 6.07) is 11.7. The van der Waals surface area contributed by atoms with Crippen LogP contribution in [0.1, 0.15) is 29.0 Å². The van der Waals surface area contributed by atoms with Crippen molar-refractivity contribution >= 4 is 23.5 Å². The summed E-state index contributed by atoms with van der Waals surface area (Å²) in [5.74, 6) is 1.38. The normalized spacial score (nSPS) is 18.4. The molecule has 156 valence electrons. The van der Waals surface area contributed by atoms with Crippen LogP contribution in [0.2, 0.25) is 0 Å². The van der Waals surface area contributed by atoms with Gasteiger partial charge in [-0.1, -0.05) is 12.1 Å². The zero-order valence-corrected chi connectivity index (χ0v) is 17.9. The number of para-hydroxylation sites is 1. The lowest BCUT2D eigenvalue weighted by Crippen LogP contribution is -2.22. The van der Waals surface area contributed by atoms with Gasteiger partial charge in [-0.05, 0) is 44.2 Å². The minimum absolute atomic E-state index is 0.117. The highest BCUT2D eigenvalue weighted by Crippen LogP contribution is 2.50. The van der Waals surface area contributed by atoms with E-state index in [-0.39, 0.29) is 22.2 Å². The number of hydrogen-bond donors (Lipinski definition) is 1. The molecule has 0 saturated carbocycles. The number of thioether (sulfide) groups is 1. The van der Waals surface area contributed by atoms with Crippen LogP contribution in [0.15, 0.2) is 42.5 Å². The third-order valence-electron chi connectivity index (χ3n) is 5.11. The molecule has 1 aliphatic heterocycles. The molecule has 0 saturated heterocycles. The van der Waals surface area contributed by atoms with Gasteiger partial charge in [-0.3, -0.25) is 4.79 Å². The van der Waals surface area contributed by atoms with Crippen LogP contribution in [0.25, 0.3) is 5.69 Å². The van der Waals surface area contributed by atoms with Crippen molar-refractivity contribution in [3.05, 3.63) is 65.1 Å². The molecule has 30 heavy (non-hydrogen) atoms. The van der Waals surface area contributed by atoms with Gasteiger partial charge in [0.15, 0.2) is 11.5 Å². The SMILES string of the molecule is COc1cccc(C2SC(C)C(=O)Nc3c2c(C)nn3-c2ccc(F)cc2)c1OC. The molecule has 0 fully saturated rings. The molecule has 1 aliphatic rings. The molecular formula is C22H22FN3O3S. The zero-order chi connectivity index (χ0) is 21.4. The van der Waals surface area contributed by atoms with Gasteiger partial charge in [0.1, 0.15) is 11.6 Å². The summed E-state index contributed by atoms with van der Waals surface area (Å²) in [6.07, 6.45) is 0. The molecule has 4 rings (SSSR count). The van der Waals surface area contributed by atoms with Crippen molar-refractivity contribution < 1.29 is 18.7 Å². The Morgan fingerprint density at radius 2 is 1.87 bits per heavy atom. The molecule has 0 bridgehead atoms. The van der Waals surface area contributed by atoms with E-state index in [1.54, 1.807) is 31.0 Å². The monoisotopic (exact) mass is 427 g/mol. The number of carbonyl (C=O) groups excluding carboxylic acids is 1. The highest BCUT2D eigenvalue weighted by Gasteiger charge is 2.35. The molecule has 2 atom stereocenters. The van der Waals surface area contributed by atoms with E-state index in [1.165, 1.54) is 23.9 Å². The van der Waals surface area contributed by atoms with E-state index in [9.17, 15) is 9.18 Å². The predicted octanol–water partition coefficient (Wildman–Crippen LogP) is 4.50. The third-order valence-corrected chi connectivity index (χ3v) is 6.49. The number of carbonyl (C=O) groups is 1. The first-order chi connectivity index (χ1) is 14.4. The van der Waals surface area contributed by atoms with Crippen LogP contribution in [-0.2, 0) is 4.79 Å². The van der Waals surface area contributed by atoms with Crippen LogP contribution < -0.4 is 14.8 Å². The first-order valence-corrected chi connectivity index (χ1v) is 10.4. The predicted molar refractivity (Wildman–Crippen MR) is 115 cm³/mol. The number of ether oxygens (including phenoxy) is 2. The number of hydrogen-bond acceptors (Lipinski definition) is 5. The van der Waals surface area contributed by atoms with Crippen molar-refractivity contribution in [2.45, 2.75) is 24.3 Å². The number of anilines is 1. The Morgan fingerprint density at radius 1 is 1.13 bits per heavy atom. The average molecular weight is 428 g/mol. The molecule has 0 radical (unpaired) electrons. The molecule has 2 unspecified atom stereocenters. The number of rotatable bonds is 4. The van der Waals surface area contributed by atoms with Gasteiger partial charge >= 0.3 is 0 Å². The lowest BCUT2D eigenvalue weighted by molar-refractivity contribution is -0.115. The molecule has 2 aromatic carbocycles. The Bertz CT molecular complexity index is 1100. The van der Waals surface area contributed by atoms with E-state index in [1.807, 2.05) is 32.0 Å². The molecule has 8 heteroatoms. The molecule has 6 nitrogen and oxygen atoms in total. The van der Waals surface area contributed by atoms with Crippen LogP contribution in [0.4, 0.5) is 10.2 Å². The van der Waals surface area contributed by atoms with Crippen molar-refractivity contribution in [2.24, 2.45) is 0 Å². The molecule has 0 aliphatic carbocycles. The van der Waals surface area contributed by atoms with E-state index < -0.39 is 0 Å². The number of benzene rings is 2. The van der Waals surface area contributed by atoms with Gasteiger partial charge in [-0.15, -0.1) is 11.8 Å². The number of fused-ring (bicyclic) bond motifs is 1. The Hall–Kier alpha value is -3.00. The second-order valence-electron chi connectivity index (χ2n) is 6.97. The van der Waals surface area contributed by atoms with Crippen LogP contribution >= 0.6 is 11.8 Å². The van der Waals surface area contributed by atoms with Crippen molar-refractivity contribution in [1.82, 2.24) is 9.78 Å². The van der Waals surface area contributed by atoms with Crippen molar-refractivity contribution in [2.75, 3.05) is 19.5 Å². The van der Waals surface area contributed by atoms with Gasteiger partial charge in [-0.2, -0.15) is 5.10 Å². The van der Waals surface area contributed by atoms with E-state index in [0.717, 1.165) is 16.8 Å². The Kier molecular flexibility index (Phi) is 5.42. The summed E-state index contributed by atoms with van der Waals surface area (Å²) in [5, 5.41) is 7.16. The maximum Gasteiger partial charge on any atom is 0.238 e. The third kappa shape index (κ3) is 3.41. The highest BCUT2D eigenvalue weighted by molar-refractivity contribution is 8.01. The standard InChI is InChI=1S/C22H22FN3O3S/c1-12-18-20(16-6-5-7-17(28-3)19(16)29-4)30-13(2)22(27)24-21(18)26(25-12)15-10-8-14(23)9-11-15/h5-11,13,20H,1-4H3,(H,24,27). The number of nitrogens with one attached hydrogen (secondary N) is 1. The minimum Gasteiger partial charge on any atom is -0.493 e. The lowest BCUT2D eigenvalue weighted by atomic mass is 10.0. The molecule has 1 N–H and O–H groups in total. The largest absolute Gasteiger partial charge is 0.493 e. The summed E-state index contributed by atoms with van der Waals surface area (Å²) in [4.78, 5) is 12.8. The number of aryl methyl sites for hydroxylation is 1.